The topological polar surface area (TPSA) is 21.3 Å². The Morgan fingerprint density at radius 2 is 1.79 bits per heavy atom. The summed E-state index contributed by atoms with van der Waals surface area (Å²) in [5.41, 5.74) is 2.29. The summed E-state index contributed by atoms with van der Waals surface area (Å²) in [6.07, 6.45) is 1.35. The minimum absolute atomic E-state index is 0.308. The molecule has 2 heteroatoms. The number of ether oxygens (including phenoxy) is 1. The smallest absolute Gasteiger partial charge is 0.123 e. The lowest BCUT2D eigenvalue weighted by Crippen LogP contribution is -2.32. The Balaban J connectivity index is 1.46. The molecule has 2 aliphatic rings. The average molecular weight is 259 g/mol. The third kappa shape index (κ3) is 2.06. The van der Waals surface area contributed by atoms with Crippen molar-refractivity contribution in [1.82, 2.24) is 5.32 Å². The van der Waals surface area contributed by atoms with Gasteiger partial charge in [0.15, 0.2) is 0 Å². The number of hydrogen-bond acceptors (Lipinski definition) is 2. The molecule has 1 aromatic rings. The van der Waals surface area contributed by atoms with E-state index < -0.39 is 0 Å². The van der Waals surface area contributed by atoms with Crippen molar-refractivity contribution in [3.05, 3.63) is 29.8 Å². The number of hydrogen-bond donors (Lipinski definition) is 1. The van der Waals surface area contributed by atoms with Crippen LogP contribution in [0.1, 0.15) is 33.3 Å². The summed E-state index contributed by atoms with van der Waals surface area (Å²) >= 11 is 0. The van der Waals surface area contributed by atoms with Crippen molar-refractivity contribution >= 4 is 0 Å². The van der Waals surface area contributed by atoms with Crippen LogP contribution in [0.15, 0.2) is 24.3 Å². The van der Waals surface area contributed by atoms with Crippen LogP contribution in [0.5, 0.6) is 5.75 Å². The van der Waals surface area contributed by atoms with Crippen LogP contribution in [0.25, 0.3) is 0 Å². The fraction of sp³-hybridized carbons (Fsp3) is 0.647. The normalized spacial score (nSPS) is 26.8. The minimum atomic E-state index is 0.308. The van der Waals surface area contributed by atoms with E-state index >= 15 is 0 Å². The van der Waals surface area contributed by atoms with E-state index in [0.717, 1.165) is 31.2 Å². The molecule has 1 saturated carbocycles. The second kappa shape index (κ2) is 4.24. The molecule has 1 unspecified atom stereocenters. The van der Waals surface area contributed by atoms with Gasteiger partial charge in [-0.3, -0.25) is 0 Å². The van der Waals surface area contributed by atoms with Gasteiger partial charge in [0.25, 0.3) is 0 Å². The molecule has 1 atom stereocenters. The fourth-order valence-corrected chi connectivity index (χ4v) is 3.60. The molecule has 0 bridgehead atoms. The van der Waals surface area contributed by atoms with Crippen molar-refractivity contribution in [3.63, 3.8) is 0 Å². The first-order valence-electron chi connectivity index (χ1n) is 7.38. The fourth-order valence-electron chi connectivity index (χ4n) is 3.60. The van der Waals surface area contributed by atoms with Crippen LogP contribution in [0.2, 0.25) is 0 Å². The van der Waals surface area contributed by atoms with E-state index in [2.05, 4.69) is 51.2 Å². The third-order valence-electron chi connectivity index (χ3n) is 5.75. The highest BCUT2D eigenvalue weighted by Gasteiger charge is 2.63. The number of fused-ring (bicyclic) bond motifs is 1. The lowest BCUT2D eigenvalue weighted by Gasteiger charge is -2.12. The van der Waals surface area contributed by atoms with Gasteiger partial charge >= 0.3 is 0 Å². The molecule has 3 rings (SSSR count). The van der Waals surface area contributed by atoms with E-state index in [-0.39, 0.29) is 0 Å². The molecule has 0 spiro atoms. The van der Waals surface area contributed by atoms with Crippen molar-refractivity contribution < 1.29 is 4.74 Å². The molecule has 1 heterocycles. The maximum Gasteiger partial charge on any atom is 0.123 e. The van der Waals surface area contributed by atoms with Gasteiger partial charge in [-0.05, 0) is 34.9 Å². The van der Waals surface area contributed by atoms with E-state index in [4.69, 9.17) is 4.74 Å². The van der Waals surface area contributed by atoms with Gasteiger partial charge in [0.1, 0.15) is 11.9 Å². The van der Waals surface area contributed by atoms with Crippen LogP contribution in [0.4, 0.5) is 0 Å². The van der Waals surface area contributed by atoms with E-state index in [1.165, 1.54) is 5.56 Å². The zero-order valence-corrected chi connectivity index (χ0v) is 12.5. The maximum absolute atomic E-state index is 5.95. The van der Waals surface area contributed by atoms with Crippen LogP contribution in [-0.2, 0) is 6.42 Å². The summed E-state index contributed by atoms with van der Waals surface area (Å²) in [7, 11) is 0. The van der Waals surface area contributed by atoms with E-state index in [1.807, 2.05) is 6.07 Å². The van der Waals surface area contributed by atoms with Crippen LogP contribution in [0.3, 0.4) is 0 Å². The van der Waals surface area contributed by atoms with Gasteiger partial charge in [-0.25, -0.2) is 0 Å². The van der Waals surface area contributed by atoms with Gasteiger partial charge in [-0.15, -0.1) is 0 Å². The Morgan fingerprint density at radius 3 is 2.42 bits per heavy atom. The zero-order valence-electron chi connectivity index (χ0n) is 12.5. The van der Waals surface area contributed by atoms with Crippen molar-refractivity contribution in [2.45, 2.75) is 40.2 Å². The minimum Gasteiger partial charge on any atom is -0.488 e. The molecule has 0 radical (unpaired) electrons. The first kappa shape index (κ1) is 13.0. The number of rotatable bonds is 4. The molecule has 0 saturated heterocycles. The molecule has 1 N–H and O–H groups in total. The van der Waals surface area contributed by atoms with Crippen LogP contribution in [-0.4, -0.2) is 19.2 Å². The summed E-state index contributed by atoms with van der Waals surface area (Å²) in [6.45, 7) is 11.6. The highest BCUT2D eigenvalue weighted by Crippen LogP contribution is 2.67. The maximum atomic E-state index is 5.95. The Kier molecular flexibility index (Phi) is 2.90. The Morgan fingerprint density at radius 1 is 1.11 bits per heavy atom. The molecule has 19 heavy (non-hydrogen) atoms. The second-order valence-electron chi connectivity index (χ2n) is 7.21. The summed E-state index contributed by atoms with van der Waals surface area (Å²) in [5, 5.41) is 3.61. The molecule has 1 aromatic carbocycles. The number of benzene rings is 1. The van der Waals surface area contributed by atoms with Gasteiger partial charge in [0, 0.05) is 13.0 Å². The molecule has 1 aliphatic heterocycles. The summed E-state index contributed by atoms with van der Waals surface area (Å²) in [5.74, 6) is 1.85. The Hall–Kier alpha value is -1.02. The lowest BCUT2D eigenvalue weighted by atomic mass is 10.0. The summed E-state index contributed by atoms with van der Waals surface area (Å²) < 4.78 is 5.95. The predicted octanol–water partition coefficient (Wildman–Crippen LogP) is 3.26. The summed E-state index contributed by atoms with van der Waals surface area (Å²) in [4.78, 5) is 0. The molecule has 104 valence electrons. The first-order chi connectivity index (χ1) is 8.93. The molecule has 1 aliphatic carbocycles. The van der Waals surface area contributed by atoms with Gasteiger partial charge in [0.2, 0.25) is 0 Å². The number of nitrogens with one attached hydrogen (secondary N) is 1. The Bertz CT molecular complexity index is 439. The van der Waals surface area contributed by atoms with Gasteiger partial charge < -0.3 is 10.1 Å². The SMILES string of the molecule is CC1(C)C(CNCC2Cc3ccccc3O2)C1(C)C. The lowest BCUT2D eigenvalue weighted by molar-refractivity contribution is 0.226. The van der Waals surface area contributed by atoms with Crippen molar-refractivity contribution in [3.8, 4) is 5.75 Å². The van der Waals surface area contributed by atoms with E-state index in [0.29, 0.717) is 16.9 Å². The summed E-state index contributed by atoms with van der Waals surface area (Å²) in [6, 6.07) is 8.38. The van der Waals surface area contributed by atoms with Gasteiger partial charge in [0.05, 0.1) is 0 Å². The predicted molar refractivity (Wildman–Crippen MR) is 78.5 cm³/mol. The van der Waals surface area contributed by atoms with Crippen molar-refractivity contribution in [2.75, 3.05) is 13.1 Å². The molecule has 0 aromatic heterocycles. The van der Waals surface area contributed by atoms with Gasteiger partial charge in [-0.1, -0.05) is 45.9 Å². The van der Waals surface area contributed by atoms with E-state index in [1.54, 1.807) is 0 Å². The quantitative estimate of drug-likeness (QED) is 0.896. The third-order valence-corrected chi connectivity index (χ3v) is 5.75. The zero-order chi connectivity index (χ0) is 13.7. The highest BCUT2D eigenvalue weighted by atomic mass is 16.5. The molecule has 0 amide bonds. The standard InChI is InChI=1S/C17H25NO/c1-16(2)15(17(16,3)4)11-18-10-13-9-12-7-5-6-8-14(12)19-13/h5-8,13,15,18H,9-11H2,1-4H3. The second-order valence-corrected chi connectivity index (χ2v) is 7.21. The van der Waals surface area contributed by atoms with Crippen LogP contribution < -0.4 is 10.1 Å². The van der Waals surface area contributed by atoms with Crippen LogP contribution in [0, 0.1) is 16.7 Å². The average Bonchev–Trinajstić information content (AvgIpc) is 2.68. The van der Waals surface area contributed by atoms with E-state index in [9.17, 15) is 0 Å². The molecular weight excluding hydrogens is 234 g/mol. The molecular formula is C17H25NO. The number of para-hydroxylation sites is 1. The monoisotopic (exact) mass is 259 g/mol. The molecule has 1 fully saturated rings. The van der Waals surface area contributed by atoms with Crippen LogP contribution >= 0.6 is 0 Å². The Labute approximate surface area is 116 Å². The first-order valence-corrected chi connectivity index (χ1v) is 7.38. The molecule has 2 nitrogen and oxygen atoms in total. The largest absolute Gasteiger partial charge is 0.488 e. The highest BCUT2D eigenvalue weighted by molar-refractivity contribution is 5.37. The van der Waals surface area contributed by atoms with Gasteiger partial charge in [-0.2, -0.15) is 0 Å². The van der Waals surface area contributed by atoms with Crippen molar-refractivity contribution in [1.29, 1.82) is 0 Å². The van der Waals surface area contributed by atoms with Crippen molar-refractivity contribution in [2.24, 2.45) is 16.7 Å².